The van der Waals surface area contributed by atoms with Crippen molar-refractivity contribution in [3.05, 3.63) is 53.9 Å². The maximum Gasteiger partial charge on any atom is 0.253 e. The average Bonchev–Trinajstić information content (AvgIpc) is 2.65. The lowest BCUT2D eigenvalue weighted by molar-refractivity contribution is 0.0797. The second-order valence-electron chi connectivity index (χ2n) is 5.38. The number of hydrogen-bond donors (Lipinski definition) is 0. The van der Waals surface area contributed by atoms with E-state index in [1.165, 1.54) is 4.90 Å². The van der Waals surface area contributed by atoms with Crippen molar-refractivity contribution in [3.63, 3.8) is 0 Å². The van der Waals surface area contributed by atoms with Gasteiger partial charge in [-0.2, -0.15) is 5.26 Å². The zero-order chi connectivity index (χ0) is 18.1. The maximum atomic E-state index is 12.4. The molecule has 1 heterocycles. The smallest absolute Gasteiger partial charge is 0.253 e. The highest BCUT2D eigenvalue weighted by Crippen LogP contribution is 2.29. The summed E-state index contributed by atoms with van der Waals surface area (Å²) in [7, 11) is 1.67. The topological polar surface area (TPSA) is 75.5 Å². The van der Waals surface area contributed by atoms with Crippen LogP contribution in [0.15, 0.2) is 42.7 Å². The molecule has 0 aliphatic rings. The lowest BCUT2D eigenvalue weighted by Gasteiger charge is -2.17. The monoisotopic (exact) mass is 339 g/mol. The lowest BCUT2D eigenvalue weighted by atomic mass is 10.1. The number of carbonyl (C=O) groups excluding carboxylic acids is 1. The van der Waals surface area contributed by atoms with Gasteiger partial charge in [0, 0.05) is 37.1 Å². The maximum absolute atomic E-state index is 12.4. The number of nitrogens with zero attached hydrogens (tertiary/aromatic N) is 3. The first-order valence-electron chi connectivity index (χ1n) is 8.06. The Bertz CT molecular complexity index is 741. The van der Waals surface area contributed by atoms with Crippen LogP contribution < -0.4 is 9.47 Å². The highest BCUT2D eigenvalue weighted by atomic mass is 16.5. The Balaban J connectivity index is 2.13. The van der Waals surface area contributed by atoms with Crippen molar-refractivity contribution < 1.29 is 14.3 Å². The van der Waals surface area contributed by atoms with Crippen LogP contribution in [0.3, 0.4) is 0 Å². The number of hydrogen-bond acceptors (Lipinski definition) is 5. The molecule has 0 saturated heterocycles. The average molecular weight is 339 g/mol. The van der Waals surface area contributed by atoms with Gasteiger partial charge in [0.15, 0.2) is 11.5 Å². The molecule has 2 rings (SSSR count). The minimum absolute atomic E-state index is 0.157. The molecule has 0 atom stereocenters. The van der Waals surface area contributed by atoms with Gasteiger partial charge in [0.25, 0.3) is 5.91 Å². The van der Waals surface area contributed by atoms with Gasteiger partial charge in [-0.25, -0.2) is 0 Å². The molecule has 1 aromatic heterocycles. The van der Waals surface area contributed by atoms with Crippen LogP contribution in [-0.4, -0.2) is 36.0 Å². The third kappa shape index (κ3) is 5.21. The van der Waals surface area contributed by atoms with E-state index in [-0.39, 0.29) is 5.91 Å². The second kappa shape index (κ2) is 9.28. The molecule has 0 bridgehead atoms. The van der Waals surface area contributed by atoms with Crippen molar-refractivity contribution in [2.45, 2.75) is 20.0 Å². The number of pyridine rings is 1. The number of nitriles is 1. The van der Waals surface area contributed by atoms with E-state index >= 15 is 0 Å². The number of carbonyl (C=O) groups is 1. The minimum Gasteiger partial charge on any atom is -0.490 e. The van der Waals surface area contributed by atoms with Crippen LogP contribution in [0, 0.1) is 11.3 Å². The summed E-state index contributed by atoms with van der Waals surface area (Å²) in [5.41, 5.74) is 1.44. The van der Waals surface area contributed by atoms with Crippen LogP contribution in [0.4, 0.5) is 0 Å². The third-order valence-corrected chi connectivity index (χ3v) is 3.51. The van der Waals surface area contributed by atoms with Crippen molar-refractivity contribution in [2.24, 2.45) is 0 Å². The normalized spacial score (nSPS) is 9.96. The molecule has 0 unspecified atom stereocenters. The summed E-state index contributed by atoms with van der Waals surface area (Å²) >= 11 is 0. The van der Waals surface area contributed by atoms with Crippen LogP contribution in [0.25, 0.3) is 0 Å². The van der Waals surface area contributed by atoms with E-state index in [1.807, 2.05) is 25.1 Å². The fraction of sp³-hybridized carbons (Fsp3) is 0.316. The zero-order valence-corrected chi connectivity index (χ0v) is 14.4. The van der Waals surface area contributed by atoms with E-state index in [0.717, 1.165) is 5.56 Å². The summed E-state index contributed by atoms with van der Waals surface area (Å²) in [5.74, 6) is 0.933. The summed E-state index contributed by atoms with van der Waals surface area (Å²) in [6, 6.07) is 10.9. The van der Waals surface area contributed by atoms with Crippen molar-refractivity contribution >= 4 is 5.91 Å². The molecule has 2 aromatic rings. The van der Waals surface area contributed by atoms with Crippen LogP contribution in [-0.2, 0) is 6.61 Å². The summed E-state index contributed by atoms with van der Waals surface area (Å²) < 4.78 is 11.4. The van der Waals surface area contributed by atoms with Crippen LogP contribution >= 0.6 is 0 Å². The van der Waals surface area contributed by atoms with E-state index in [2.05, 4.69) is 4.98 Å². The standard InChI is InChI=1S/C19H21N3O3/c1-3-24-18-12-16(19(23)22(2)11-5-9-20)7-8-17(18)25-14-15-6-4-10-21-13-15/h4,6-8,10,12-13H,3,5,11,14H2,1-2H3. The van der Waals surface area contributed by atoms with Crippen LogP contribution in [0.1, 0.15) is 29.3 Å². The minimum atomic E-state index is -0.157. The molecule has 0 spiro atoms. The largest absolute Gasteiger partial charge is 0.490 e. The SMILES string of the molecule is CCOc1cc(C(=O)N(C)CCC#N)ccc1OCc1cccnc1. The summed E-state index contributed by atoms with van der Waals surface area (Å²) in [6.07, 6.45) is 3.74. The molecule has 0 fully saturated rings. The molecule has 130 valence electrons. The van der Waals surface area contributed by atoms with Crippen LogP contribution in [0.5, 0.6) is 11.5 Å². The van der Waals surface area contributed by atoms with Gasteiger partial charge in [0.1, 0.15) is 6.61 Å². The highest BCUT2D eigenvalue weighted by Gasteiger charge is 2.15. The Morgan fingerprint density at radius 1 is 1.28 bits per heavy atom. The molecule has 0 saturated carbocycles. The van der Waals surface area contributed by atoms with Gasteiger partial charge in [0.2, 0.25) is 0 Å². The fourth-order valence-corrected chi connectivity index (χ4v) is 2.21. The predicted octanol–water partition coefficient (Wildman–Crippen LogP) is 3.04. The van der Waals surface area contributed by atoms with Crippen molar-refractivity contribution in [1.29, 1.82) is 5.26 Å². The summed E-state index contributed by atoms with van der Waals surface area (Å²) in [6.45, 7) is 3.09. The van der Waals surface area contributed by atoms with E-state index in [4.69, 9.17) is 14.7 Å². The van der Waals surface area contributed by atoms with E-state index in [0.29, 0.717) is 43.2 Å². The van der Waals surface area contributed by atoms with Gasteiger partial charge in [-0.05, 0) is 31.2 Å². The Hall–Kier alpha value is -3.07. The first-order valence-corrected chi connectivity index (χ1v) is 8.06. The van der Waals surface area contributed by atoms with Crippen LogP contribution in [0.2, 0.25) is 0 Å². The molecule has 0 radical (unpaired) electrons. The number of rotatable bonds is 8. The molecule has 0 aliphatic carbocycles. The molecule has 0 aliphatic heterocycles. The summed E-state index contributed by atoms with van der Waals surface area (Å²) in [5, 5.41) is 8.64. The molecule has 6 nitrogen and oxygen atoms in total. The number of aromatic nitrogens is 1. The van der Waals surface area contributed by atoms with E-state index < -0.39 is 0 Å². The van der Waals surface area contributed by atoms with Gasteiger partial charge in [-0.3, -0.25) is 9.78 Å². The third-order valence-electron chi connectivity index (χ3n) is 3.51. The van der Waals surface area contributed by atoms with Crippen molar-refractivity contribution in [1.82, 2.24) is 9.88 Å². The molecule has 0 N–H and O–H groups in total. The Kier molecular flexibility index (Phi) is 6.78. The Morgan fingerprint density at radius 2 is 2.12 bits per heavy atom. The molecule has 6 heteroatoms. The molecular formula is C19H21N3O3. The van der Waals surface area contributed by atoms with Gasteiger partial charge < -0.3 is 14.4 Å². The number of amides is 1. The first kappa shape index (κ1) is 18.3. The quantitative estimate of drug-likeness (QED) is 0.739. The van der Waals surface area contributed by atoms with Gasteiger partial charge >= 0.3 is 0 Å². The van der Waals surface area contributed by atoms with E-state index in [1.54, 1.807) is 37.6 Å². The predicted molar refractivity (Wildman–Crippen MR) is 93.4 cm³/mol. The second-order valence-corrected chi connectivity index (χ2v) is 5.38. The van der Waals surface area contributed by atoms with E-state index in [9.17, 15) is 4.79 Å². The highest BCUT2D eigenvalue weighted by molar-refractivity contribution is 5.94. The Labute approximate surface area is 147 Å². The summed E-state index contributed by atoms with van der Waals surface area (Å²) in [4.78, 5) is 18.0. The fourth-order valence-electron chi connectivity index (χ4n) is 2.21. The molecule has 1 aromatic carbocycles. The first-order chi connectivity index (χ1) is 12.2. The van der Waals surface area contributed by atoms with Crippen molar-refractivity contribution in [2.75, 3.05) is 20.2 Å². The van der Waals surface area contributed by atoms with Gasteiger partial charge in [0.05, 0.1) is 19.1 Å². The molecular weight excluding hydrogens is 318 g/mol. The lowest BCUT2D eigenvalue weighted by Crippen LogP contribution is -2.27. The Morgan fingerprint density at radius 3 is 2.80 bits per heavy atom. The molecule has 1 amide bonds. The molecule has 25 heavy (non-hydrogen) atoms. The zero-order valence-electron chi connectivity index (χ0n) is 14.4. The number of ether oxygens (including phenoxy) is 2. The van der Waals surface area contributed by atoms with Gasteiger partial charge in [-0.15, -0.1) is 0 Å². The number of benzene rings is 1. The van der Waals surface area contributed by atoms with Crippen molar-refractivity contribution in [3.8, 4) is 17.6 Å². The van der Waals surface area contributed by atoms with Gasteiger partial charge in [-0.1, -0.05) is 6.07 Å².